The average molecular weight is 530 g/mol. The number of nitrogens with zero attached hydrogens (tertiary/aromatic N) is 3. The number of carbonyl (C=O) groups excluding carboxylic acids is 1. The minimum Gasteiger partial charge on any atom is -0.370 e. The van der Waals surface area contributed by atoms with Crippen LogP contribution in [0.15, 0.2) is 60.7 Å². The summed E-state index contributed by atoms with van der Waals surface area (Å²) in [6, 6.07) is 21.8. The molecule has 2 amide bonds. The van der Waals surface area contributed by atoms with Crippen LogP contribution in [-0.2, 0) is 16.9 Å². The summed E-state index contributed by atoms with van der Waals surface area (Å²) >= 11 is 0. The van der Waals surface area contributed by atoms with Gasteiger partial charge in [-0.3, -0.25) is 4.90 Å². The lowest BCUT2D eigenvalue weighted by atomic mass is 9.68. The molecule has 5 nitrogen and oxygen atoms in total. The zero-order valence-electron chi connectivity index (χ0n) is 24.1. The highest BCUT2D eigenvalue weighted by Crippen LogP contribution is 2.50. The molecule has 3 saturated carbocycles. The number of ether oxygens (including phenoxy) is 1. The fourth-order valence-electron chi connectivity index (χ4n) is 7.75. The molecule has 1 heterocycles. The van der Waals surface area contributed by atoms with E-state index in [-0.39, 0.29) is 22.7 Å². The Morgan fingerprint density at radius 3 is 2.10 bits per heavy atom. The van der Waals surface area contributed by atoms with Crippen molar-refractivity contribution in [2.45, 2.75) is 93.9 Å². The van der Waals surface area contributed by atoms with Crippen LogP contribution < -0.4 is 0 Å². The Morgan fingerprint density at radius 2 is 1.54 bits per heavy atom. The molecule has 0 N–H and O–H groups in total. The highest BCUT2D eigenvalue weighted by atomic mass is 16.5. The monoisotopic (exact) mass is 529 g/mol. The van der Waals surface area contributed by atoms with Crippen LogP contribution in [0.25, 0.3) is 0 Å². The van der Waals surface area contributed by atoms with Crippen LogP contribution in [0.2, 0.25) is 0 Å². The summed E-state index contributed by atoms with van der Waals surface area (Å²) in [6.45, 7) is 3.31. The largest absolute Gasteiger partial charge is 0.370 e. The third kappa shape index (κ3) is 5.13. The predicted octanol–water partition coefficient (Wildman–Crippen LogP) is 6.82. The summed E-state index contributed by atoms with van der Waals surface area (Å²) in [5, 5.41) is 0. The highest BCUT2D eigenvalue weighted by Gasteiger charge is 2.55. The first-order valence-corrected chi connectivity index (χ1v) is 15.4. The molecule has 1 saturated heterocycles. The molecular weight excluding hydrogens is 482 g/mol. The van der Waals surface area contributed by atoms with E-state index < -0.39 is 0 Å². The van der Waals surface area contributed by atoms with E-state index in [0.717, 1.165) is 64.6 Å². The molecule has 0 radical (unpaired) electrons. The van der Waals surface area contributed by atoms with E-state index in [1.54, 1.807) is 0 Å². The molecule has 1 spiro atoms. The molecule has 210 valence electrons. The van der Waals surface area contributed by atoms with Crippen LogP contribution in [0.5, 0.6) is 0 Å². The lowest BCUT2D eigenvalue weighted by Gasteiger charge is -2.51. The summed E-state index contributed by atoms with van der Waals surface area (Å²) in [4.78, 5) is 21.0. The quantitative estimate of drug-likeness (QED) is 0.339. The standard InChI is InChI=1S/C34H47N3O2/c1-35(2)34(30-15-7-4-8-16-30)21-19-32(20-22-34)27-36(31(38)37(32)25-28-13-9-14-28)24-23-33(17-10-18-33)39-26-29-11-5-3-6-12-29/h3-8,11-12,15-16,28H,9-10,13-14,17-27H2,1-2H3/t32-,34+. The molecule has 6 rings (SSSR count). The SMILES string of the molecule is CN(C)[C@]1(c2ccccc2)CC[C@]2(CC1)CN(CCC1(OCc3ccccc3)CCC1)C(=O)N2CC1CCC1. The first kappa shape index (κ1) is 26.8. The topological polar surface area (TPSA) is 36.0 Å². The third-order valence-corrected chi connectivity index (χ3v) is 10.9. The normalized spacial score (nSPS) is 28.6. The van der Waals surface area contributed by atoms with Gasteiger partial charge in [-0.1, -0.05) is 67.1 Å². The van der Waals surface area contributed by atoms with Gasteiger partial charge >= 0.3 is 6.03 Å². The molecule has 0 atom stereocenters. The van der Waals surface area contributed by atoms with Crippen LogP contribution in [0.4, 0.5) is 4.79 Å². The zero-order chi connectivity index (χ0) is 26.9. The van der Waals surface area contributed by atoms with Crippen LogP contribution in [-0.4, -0.2) is 65.6 Å². The Labute approximate surface area is 235 Å². The van der Waals surface area contributed by atoms with Gasteiger partial charge < -0.3 is 14.5 Å². The maximum atomic E-state index is 14.0. The molecule has 0 bridgehead atoms. The zero-order valence-corrected chi connectivity index (χ0v) is 24.1. The van der Waals surface area contributed by atoms with Crippen molar-refractivity contribution in [1.29, 1.82) is 0 Å². The summed E-state index contributed by atoms with van der Waals surface area (Å²) in [5.74, 6) is 0.688. The van der Waals surface area contributed by atoms with E-state index in [9.17, 15) is 4.79 Å². The molecule has 1 aliphatic heterocycles. The van der Waals surface area contributed by atoms with Crippen molar-refractivity contribution in [1.82, 2.24) is 14.7 Å². The lowest BCUT2D eigenvalue weighted by molar-refractivity contribution is -0.116. The number of amides is 2. The number of hydrogen-bond acceptors (Lipinski definition) is 3. The van der Waals surface area contributed by atoms with Crippen LogP contribution >= 0.6 is 0 Å². The fourth-order valence-corrected chi connectivity index (χ4v) is 7.75. The molecule has 2 aromatic rings. The molecule has 39 heavy (non-hydrogen) atoms. The van der Waals surface area contributed by atoms with Gasteiger partial charge in [-0.25, -0.2) is 4.79 Å². The summed E-state index contributed by atoms with van der Waals surface area (Å²) in [7, 11) is 4.47. The molecule has 0 aromatic heterocycles. The Bertz CT molecular complexity index is 1100. The van der Waals surface area contributed by atoms with Crippen molar-refractivity contribution < 1.29 is 9.53 Å². The maximum absolute atomic E-state index is 14.0. The van der Waals surface area contributed by atoms with E-state index in [4.69, 9.17) is 4.74 Å². The second kappa shape index (κ2) is 10.9. The first-order chi connectivity index (χ1) is 18.9. The lowest BCUT2D eigenvalue weighted by Crippen LogP contribution is -2.56. The van der Waals surface area contributed by atoms with Gasteiger partial charge in [0.2, 0.25) is 0 Å². The van der Waals surface area contributed by atoms with Gasteiger partial charge in [-0.2, -0.15) is 0 Å². The molecule has 3 aliphatic carbocycles. The molecule has 0 unspecified atom stereocenters. The van der Waals surface area contributed by atoms with Gasteiger partial charge in [0.25, 0.3) is 0 Å². The molecule has 5 heteroatoms. The predicted molar refractivity (Wildman–Crippen MR) is 156 cm³/mol. The highest BCUT2D eigenvalue weighted by molar-refractivity contribution is 5.78. The van der Waals surface area contributed by atoms with E-state index in [1.165, 1.54) is 36.8 Å². The van der Waals surface area contributed by atoms with E-state index in [2.05, 4.69) is 89.5 Å². The first-order valence-electron chi connectivity index (χ1n) is 15.4. The van der Waals surface area contributed by atoms with Gasteiger partial charge in [0.05, 0.1) is 17.7 Å². The maximum Gasteiger partial charge on any atom is 0.320 e. The summed E-state index contributed by atoms with van der Waals surface area (Å²) in [6.07, 6.45) is 12.6. The number of hydrogen-bond donors (Lipinski definition) is 0. The Balaban J connectivity index is 1.16. The minimum absolute atomic E-state index is 0.0291. The smallest absolute Gasteiger partial charge is 0.320 e. The second-order valence-electron chi connectivity index (χ2n) is 13.2. The Morgan fingerprint density at radius 1 is 0.872 bits per heavy atom. The van der Waals surface area contributed by atoms with E-state index >= 15 is 0 Å². The summed E-state index contributed by atoms with van der Waals surface area (Å²) in [5.41, 5.74) is 2.60. The number of benzene rings is 2. The molecular formula is C34H47N3O2. The molecule has 2 aromatic carbocycles. The van der Waals surface area contributed by atoms with Crippen molar-refractivity contribution in [2.24, 2.45) is 5.92 Å². The Hall–Kier alpha value is -2.37. The van der Waals surface area contributed by atoms with Crippen molar-refractivity contribution in [3.05, 3.63) is 71.8 Å². The van der Waals surface area contributed by atoms with Crippen molar-refractivity contribution in [2.75, 3.05) is 33.7 Å². The van der Waals surface area contributed by atoms with E-state index in [1.807, 2.05) is 0 Å². The van der Waals surface area contributed by atoms with Crippen molar-refractivity contribution >= 4 is 6.03 Å². The van der Waals surface area contributed by atoms with E-state index in [0.29, 0.717) is 12.5 Å². The molecule has 4 aliphatic rings. The fraction of sp³-hybridized carbons (Fsp3) is 0.618. The van der Waals surface area contributed by atoms with Crippen LogP contribution in [0.3, 0.4) is 0 Å². The van der Waals surface area contributed by atoms with Gasteiger partial charge in [-0.15, -0.1) is 0 Å². The third-order valence-electron chi connectivity index (χ3n) is 10.9. The Kier molecular flexibility index (Phi) is 7.49. The van der Waals surface area contributed by atoms with Gasteiger partial charge in [0, 0.05) is 25.2 Å². The van der Waals surface area contributed by atoms with Crippen LogP contribution in [0.1, 0.15) is 81.8 Å². The second-order valence-corrected chi connectivity index (χ2v) is 13.2. The minimum atomic E-state index is -0.0649. The average Bonchev–Trinajstić information content (AvgIpc) is 3.17. The van der Waals surface area contributed by atoms with Gasteiger partial charge in [0.15, 0.2) is 0 Å². The van der Waals surface area contributed by atoms with Crippen LogP contribution in [0, 0.1) is 5.92 Å². The number of rotatable bonds is 10. The molecule has 4 fully saturated rings. The van der Waals surface area contributed by atoms with Gasteiger partial charge in [0.1, 0.15) is 0 Å². The summed E-state index contributed by atoms with van der Waals surface area (Å²) < 4.78 is 6.55. The van der Waals surface area contributed by atoms with Crippen molar-refractivity contribution in [3.63, 3.8) is 0 Å². The van der Waals surface area contributed by atoms with Crippen molar-refractivity contribution in [3.8, 4) is 0 Å². The number of urea groups is 1. The number of carbonyl (C=O) groups is 1. The van der Waals surface area contributed by atoms with Gasteiger partial charge in [-0.05, 0) is 95.3 Å².